The van der Waals surface area contributed by atoms with Crippen LogP contribution < -0.4 is 10.6 Å². The van der Waals surface area contributed by atoms with Gasteiger partial charge in [-0.05, 0) is 32.1 Å². The molecule has 1 aromatic carbocycles. The van der Waals surface area contributed by atoms with Crippen molar-refractivity contribution in [2.45, 2.75) is 19.9 Å². The Morgan fingerprint density at radius 1 is 1.47 bits per heavy atom. The van der Waals surface area contributed by atoms with E-state index in [1.807, 2.05) is 19.9 Å². The standard InChI is InChI=1S/C11H15FN2S/c1-3-13-11(15)14-8(2)9-6-4-5-7-10(9)12/h4-8H,3H2,1-2H3,(H2,13,14,15). The minimum absolute atomic E-state index is 0.127. The number of benzene rings is 1. The van der Waals surface area contributed by atoms with E-state index in [1.165, 1.54) is 6.07 Å². The SMILES string of the molecule is CCNC(=S)NC(C)c1ccccc1F. The first-order chi connectivity index (χ1) is 7.15. The van der Waals surface area contributed by atoms with Crippen molar-refractivity contribution >= 4 is 17.3 Å². The van der Waals surface area contributed by atoms with Crippen LogP contribution in [0.25, 0.3) is 0 Å². The maximum absolute atomic E-state index is 13.4. The van der Waals surface area contributed by atoms with Gasteiger partial charge in [-0.1, -0.05) is 18.2 Å². The minimum Gasteiger partial charge on any atom is -0.363 e. The van der Waals surface area contributed by atoms with Gasteiger partial charge in [-0.2, -0.15) is 0 Å². The Labute approximate surface area is 94.9 Å². The number of nitrogens with one attached hydrogen (secondary N) is 2. The molecule has 2 nitrogen and oxygen atoms in total. The number of thiocarbonyl (C=S) groups is 1. The molecule has 1 atom stereocenters. The molecule has 1 unspecified atom stereocenters. The van der Waals surface area contributed by atoms with Crippen molar-refractivity contribution in [1.82, 2.24) is 10.6 Å². The number of hydrogen-bond donors (Lipinski definition) is 2. The topological polar surface area (TPSA) is 24.1 Å². The second-order valence-corrected chi connectivity index (χ2v) is 3.66. The average molecular weight is 226 g/mol. The summed E-state index contributed by atoms with van der Waals surface area (Å²) in [6.07, 6.45) is 0. The molecule has 0 heterocycles. The molecule has 1 aromatic rings. The molecular formula is C11H15FN2S. The Morgan fingerprint density at radius 3 is 2.73 bits per heavy atom. The first-order valence-electron chi connectivity index (χ1n) is 4.94. The summed E-state index contributed by atoms with van der Waals surface area (Å²) >= 11 is 5.03. The van der Waals surface area contributed by atoms with Crippen molar-refractivity contribution in [2.75, 3.05) is 6.54 Å². The van der Waals surface area contributed by atoms with Crippen LogP contribution in [-0.2, 0) is 0 Å². The summed E-state index contributed by atoms with van der Waals surface area (Å²) < 4.78 is 13.4. The smallest absolute Gasteiger partial charge is 0.166 e. The van der Waals surface area contributed by atoms with Gasteiger partial charge in [-0.3, -0.25) is 0 Å². The van der Waals surface area contributed by atoms with E-state index in [1.54, 1.807) is 12.1 Å². The summed E-state index contributed by atoms with van der Waals surface area (Å²) in [5, 5.41) is 6.53. The fourth-order valence-corrected chi connectivity index (χ4v) is 1.63. The van der Waals surface area contributed by atoms with E-state index >= 15 is 0 Å². The van der Waals surface area contributed by atoms with Crippen molar-refractivity contribution < 1.29 is 4.39 Å². The molecule has 0 aliphatic heterocycles. The Kier molecular flexibility index (Phi) is 4.49. The summed E-state index contributed by atoms with van der Waals surface area (Å²) in [6, 6.07) is 6.56. The van der Waals surface area contributed by atoms with Crippen LogP contribution in [0.5, 0.6) is 0 Å². The highest BCUT2D eigenvalue weighted by Crippen LogP contribution is 2.15. The molecule has 15 heavy (non-hydrogen) atoms. The van der Waals surface area contributed by atoms with E-state index in [2.05, 4.69) is 10.6 Å². The summed E-state index contributed by atoms with van der Waals surface area (Å²) in [7, 11) is 0. The molecule has 2 N–H and O–H groups in total. The number of hydrogen-bond acceptors (Lipinski definition) is 1. The molecule has 0 saturated heterocycles. The van der Waals surface area contributed by atoms with Crippen LogP contribution in [0.2, 0.25) is 0 Å². The molecule has 0 saturated carbocycles. The van der Waals surface area contributed by atoms with Gasteiger partial charge in [-0.25, -0.2) is 4.39 Å². The van der Waals surface area contributed by atoms with Crippen LogP contribution in [0, 0.1) is 5.82 Å². The van der Waals surface area contributed by atoms with Crippen LogP contribution in [0.4, 0.5) is 4.39 Å². The van der Waals surface area contributed by atoms with Gasteiger partial charge in [0.05, 0.1) is 6.04 Å². The van der Waals surface area contributed by atoms with Gasteiger partial charge >= 0.3 is 0 Å². The Bertz CT molecular complexity index is 341. The van der Waals surface area contributed by atoms with Crippen molar-refractivity contribution in [3.63, 3.8) is 0 Å². The molecule has 1 rings (SSSR count). The molecule has 0 amide bonds. The number of halogens is 1. The fourth-order valence-electron chi connectivity index (χ4n) is 1.31. The molecule has 0 radical (unpaired) electrons. The van der Waals surface area contributed by atoms with Gasteiger partial charge < -0.3 is 10.6 Å². The third-order valence-corrected chi connectivity index (χ3v) is 2.32. The predicted octanol–water partition coefficient (Wildman–Crippen LogP) is 2.37. The summed E-state index contributed by atoms with van der Waals surface area (Å²) in [5.41, 5.74) is 0.623. The molecule has 0 aliphatic rings. The highest BCUT2D eigenvalue weighted by molar-refractivity contribution is 7.80. The maximum Gasteiger partial charge on any atom is 0.166 e. The zero-order chi connectivity index (χ0) is 11.3. The maximum atomic E-state index is 13.4. The van der Waals surface area contributed by atoms with Crippen LogP contribution >= 0.6 is 12.2 Å². The van der Waals surface area contributed by atoms with Crippen molar-refractivity contribution in [3.8, 4) is 0 Å². The van der Waals surface area contributed by atoms with Gasteiger partial charge in [0.2, 0.25) is 0 Å². The highest BCUT2D eigenvalue weighted by atomic mass is 32.1. The first-order valence-corrected chi connectivity index (χ1v) is 5.34. The van der Waals surface area contributed by atoms with E-state index in [9.17, 15) is 4.39 Å². The molecule has 82 valence electrons. The Morgan fingerprint density at radius 2 is 2.13 bits per heavy atom. The predicted molar refractivity (Wildman–Crippen MR) is 64.2 cm³/mol. The molecular weight excluding hydrogens is 211 g/mol. The van der Waals surface area contributed by atoms with Crippen molar-refractivity contribution in [2.24, 2.45) is 0 Å². The molecule has 0 fully saturated rings. The van der Waals surface area contributed by atoms with Crippen LogP contribution in [0.1, 0.15) is 25.5 Å². The average Bonchev–Trinajstić information content (AvgIpc) is 2.18. The molecule has 4 heteroatoms. The van der Waals surface area contributed by atoms with E-state index < -0.39 is 0 Å². The second-order valence-electron chi connectivity index (χ2n) is 3.25. The summed E-state index contributed by atoms with van der Waals surface area (Å²) in [4.78, 5) is 0. The van der Waals surface area contributed by atoms with Crippen LogP contribution in [0.3, 0.4) is 0 Å². The fraction of sp³-hybridized carbons (Fsp3) is 0.364. The second kappa shape index (κ2) is 5.66. The summed E-state index contributed by atoms with van der Waals surface area (Å²) in [5.74, 6) is -0.211. The Balaban J connectivity index is 2.65. The lowest BCUT2D eigenvalue weighted by Gasteiger charge is -2.17. The Hall–Kier alpha value is -1.16. The zero-order valence-electron chi connectivity index (χ0n) is 8.88. The first kappa shape index (κ1) is 11.9. The largest absolute Gasteiger partial charge is 0.363 e. The van der Waals surface area contributed by atoms with E-state index in [0.29, 0.717) is 10.7 Å². The van der Waals surface area contributed by atoms with E-state index in [-0.39, 0.29) is 11.9 Å². The van der Waals surface area contributed by atoms with Crippen LogP contribution in [0.15, 0.2) is 24.3 Å². The van der Waals surface area contributed by atoms with Gasteiger partial charge in [0.15, 0.2) is 5.11 Å². The zero-order valence-corrected chi connectivity index (χ0v) is 9.70. The van der Waals surface area contributed by atoms with Gasteiger partial charge in [0.25, 0.3) is 0 Å². The lowest BCUT2D eigenvalue weighted by atomic mass is 10.1. The molecule has 0 bridgehead atoms. The normalized spacial score (nSPS) is 11.9. The highest BCUT2D eigenvalue weighted by Gasteiger charge is 2.10. The van der Waals surface area contributed by atoms with Crippen LogP contribution in [-0.4, -0.2) is 11.7 Å². The lowest BCUT2D eigenvalue weighted by molar-refractivity contribution is 0.577. The minimum atomic E-state index is -0.211. The molecule has 0 spiro atoms. The molecule has 0 aromatic heterocycles. The quantitative estimate of drug-likeness (QED) is 0.774. The van der Waals surface area contributed by atoms with Gasteiger partial charge in [-0.15, -0.1) is 0 Å². The van der Waals surface area contributed by atoms with Crippen molar-refractivity contribution in [1.29, 1.82) is 0 Å². The third-order valence-electron chi connectivity index (χ3n) is 2.06. The monoisotopic (exact) mass is 226 g/mol. The number of rotatable bonds is 3. The van der Waals surface area contributed by atoms with Gasteiger partial charge in [0, 0.05) is 12.1 Å². The summed E-state index contributed by atoms with van der Waals surface area (Å²) in [6.45, 7) is 4.60. The third kappa shape index (κ3) is 3.47. The van der Waals surface area contributed by atoms with E-state index in [0.717, 1.165) is 6.54 Å². The van der Waals surface area contributed by atoms with Crippen molar-refractivity contribution in [3.05, 3.63) is 35.6 Å². The van der Waals surface area contributed by atoms with E-state index in [4.69, 9.17) is 12.2 Å². The molecule has 0 aliphatic carbocycles. The lowest BCUT2D eigenvalue weighted by Crippen LogP contribution is -2.36. The van der Waals surface area contributed by atoms with Gasteiger partial charge in [0.1, 0.15) is 5.82 Å².